The highest BCUT2D eigenvalue weighted by Gasteiger charge is 2.34. The molecule has 2 aromatic heterocycles. The number of fused-ring (bicyclic) bond motifs is 2. The third-order valence-corrected chi connectivity index (χ3v) is 5.97. The van der Waals surface area contributed by atoms with Crippen molar-refractivity contribution in [3.63, 3.8) is 0 Å². The maximum absolute atomic E-state index is 12.9. The Bertz CT molecular complexity index is 1570. The molecule has 0 saturated carbocycles. The molecule has 0 atom stereocenters. The van der Waals surface area contributed by atoms with E-state index in [4.69, 9.17) is 4.74 Å². The van der Waals surface area contributed by atoms with Gasteiger partial charge in [-0.05, 0) is 17.7 Å². The molecule has 0 aliphatic carbocycles. The van der Waals surface area contributed by atoms with Gasteiger partial charge in [-0.3, -0.25) is 14.9 Å². The summed E-state index contributed by atoms with van der Waals surface area (Å²) in [5.41, 5.74) is 4.84. The van der Waals surface area contributed by atoms with Crippen molar-refractivity contribution in [1.29, 1.82) is 0 Å². The Labute approximate surface area is 188 Å². The van der Waals surface area contributed by atoms with E-state index in [-0.39, 0.29) is 0 Å². The van der Waals surface area contributed by atoms with Gasteiger partial charge in [0.05, 0.1) is 16.7 Å². The smallest absolute Gasteiger partial charge is 0.259 e. The zero-order valence-electron chi connectivity index (χ0n) is 17.5. The average molecular weight is 433 g/mol. The van der Waals surface area contributed by atoms with Crippen LogP contribution in [0.1, 0.15) is 16.7 Å². The second-order valence-corrected chi connectivity index (χ2v) is 7.94. The second kappa shape index (κ2) is 7.53. The van der Waals surface area contributed by atoms with Crippen LogP contribution in [0.25, 0.3) is 33.0 Å². The summed E-state index contributed by atoms with van der Waals surface area (Å²) in [7, 11) is 0. The van der Waals surface area contributed by atoms with E-state index in [0.29, 0.717) is 34.6 Å². The van der Waals surface area contributed by atoms with Crippen LogP contribution in [-0.2, 0) is 16.2 Å². The van der Waals surface area contributed by atoms with Gasteiger partial charge in [0.25, 0.3) is 11.8 Å². The van der Waals surface area contributed by atoms with Crippen LogP contribution < -0.4 is 10.1 Å². The zero-order chi connectivity index (χ0) is 22.4. The van der Waals surface area contributed by atoms with Gasteiger partial charge < -0.3 is 14.7 Å². The van der Waals surface area contributed by atoms with Crippen molar-refractivity contribution in [3.05, 3.63) is 102 Å². The van der Waals surface area contributed by atoms with Crippen LogP contribution in [-0.4, -0.2) is 21.8 Å². The van der Waals surface area contributed by atoms with Crippen LogP contribution in [0.5, 0.6) is 5.75 Å². The van der Waals surface area contributed by atoms with Gasteiger partial charge in [0, 0.05) is 39.8 Å². The summed E-state index contributed by atoms with van der Waals surface area (Å²) in [6.07, 6.45) is 3.55. The molecule has 0 saturated heterocycles. The largest absolute Gasteiger partial charge is 0.487 e. The minimum absolute atomic E-state index is 0.358. The first-order valence-electron chi connectivity index (χ1n) is 10.6. The van der Waals surface area contributed by atoms with Gasteiger partial charge >= 0.3 is 0 Å². The Kier molecular flexibility index (Phi) is 4.36. The summed E-state index contributed by atoms with van der Waals surface area (Å²) in [4.78, 5) is 32.2. The van der Waals surface area contributed by atoms with Gasteiger partial charge in [0.1, 0.15) is 12.4 Å². The number of benzene rings is 3. The fourth-order valence-corrected chi connectivity index (χ4v) is 4.44. The quantitative estimate of drug-likeness (QED) is 0.348. The number of carbonyl (C=O) groups excluding carboxylic acids is 2. The van der Waals surface area contributed by atoms with Crippen LogP contribution in [0.15, 0.2) is 85.2 Å². The molecule has 2 amide bonds. The molecular weight excluding hydrogens is 414 g/mol. The number of imide groups is 1. The molecule has 0 spiro atoms. The second-order valence-electron chi connectivity index (χ2n) is 7.94. The molecule has 160 valence electrons. The van der Waals surface area contributed by atoms with E-state index in [1.165, 1.54) is 0 Å². The number of ether oxygens (including phenoxy) is 1. The zero-order valence-corrected chi connectivity index (χ0v) is 17.5. The third kappa shape index (κ3) is 3.11. The number of aromatic amines is 2. The van der Waals surface area contributed by atoms with Crippen molar-refractivity contribution in [2.75, 3.05) is 0 Å². The van der Waals surface area contributed by atoms with Crippen LogP contribution in [0, 0.1) is 0 Å². The number of hydrogen-bond acceptors (Lipinski definition) is 3. The highest BCUT2D eigenvalue weighted by atomic mass is 16.5. The van der Waals surface area contributed by atoms with Crippen molar-refractivity contribution in [3.8, 4) is 5.75 Å². The molecule has 3 aromatic carbocycles. The molecule has 1 aliphatic rings. The fraction of sp³-hybridized carbons (Fsp3) is 0.0370. The Morgan fingerprint density at radius 1 is 0.667 bits per heavy atom. The SMILES string of the molecule is O=C1NC(=O)C(c2c[nH]c3c(OCc4ccccc4)cccc23)=C1c1c[nH]c2ccccc12. The number of amides is 2. The van der Waals surface area contributed by atoms with E-state index >= 15 is 0 Å². The third-order valence-electron chi connectivity index (χ3n) is 5.97. The van der Waals surface area contributed by atoms with E-state index in [1.54, 1.807) is 12.4 Å². The van der Waals surface area contributed by atoms with Gasteiger partial charge in [0.2, 0.25) is 0 Å². The van der Waals surface area contributed by atoms with E-state index in [0.717, 1.165) is 27.4 Å². The molecule has 3 heterocycles. The van der Waals surface area contributed by atoms with Gasteiger partial charge in [-0.1, -0.05) is 60.7 Å². The standard InChI is InChI=1S/C27H19N3O3/c31-26-23(19-13-28-21-11-5-4-9-17(19)21)24(27(32)30-26)20-14-29-25-18(20)10-6-12-22(25)33-15-16-7-2-1-3-8-16/h1-14,28-29H,15H2,(H,30,31,32). The van der Waals surface area contributed by atoms with Crippen LogP contribution in [0.4, 0.5) is 0 Å². The lowest BCUT2D eigenvalue weighted by atomic mass is 9.95. The number of para-hydroxylation sites is 2. The monoisotopic (exact) mass is 433 g/mol. The highest BCUT2D eigenvalue weighted by molar-refractivity contribution is 6.50. The summed E-state index contributed by atoms with van der Waals surface area (Å²) in [6.45, 7) is 0.427. The number of hydrogen-bond donors (Lipinski definition) is 3. The van der Waals surface area contributed by atoms with Crippen molar-refractivity contribution in [2.45, 2.75) is 6.61 Å². The molecule has 6 rings (SSSR count). The summed E-state index contributed by atoms with van der Waals surface area (Å²) in [5, 5.41) is 4.18. The normalized spacial score (nSPS) is 13.8. The van der Waals surface area contributed by atoms with Crippen LogP contribution in [0.2, 0.25) is 0 Å². The molecule has 3 N–H and O–H groups in total. The molecule has 6 nitrogen and oxygen atoms in total. The van der Waals surface area contributed by atoms with Gasteiger partial charge in [-0.25, -0.2) is 0 Å². The molecule has 33 heavy (non-hydrogen) atoms. The molecule has 0 unspecified atom stereocenters. The first kappa shape index (κ1) is 19.1. The van der Waals surface area contributed by atoms with Crippen molar-refractivity contribution < 1.29 is 14.3 Å². The number of H-pyrrole nitrogens is 2. The lowest BCUT2D eigenvalue weighted by Gasteiger charge is -2.08. The van der Waals surface area contributed by atoms with Crippen LogP contribution in [0.3, 0.4) is 0 Å². The van der Waals surface area contributed by atoms with E-state index in [2.05, 4.69) is 15.3 Å². The summed E-state index contributed by atoms with van der Waals surface area (Å²) in [6, 6.07) is 23.3. The molecule has 0 bridgehead atoms. The van der Waals surface area contributed by atoms with Crippen molar-refractivity contribution >= 4 is 44.8 Å². The topological polar surface area (TPSA) is 87.0 Å². The predicted octanol–water partition coefficient (Wildman–Crippen LogP) is 4.80. The minimum Gasteiger partial charge on any atom is -0.487 e. The molecule has 6 heteroatoms. The fourth-order valence-electron chi connectivity index (χ4n) is 4.44. The predicted molar refractivity (Wildman–Crippen MR) is 127 cm³/mol. The van der Waals surface area contributed by atoms with Crippen molar-refractivity contribution in [2.24, 2.45) is 0 Å². The lowest BCUT2D eigenvalue weighted by Crippen LogP contribution is -2.22. The first-order chi connectivity index (χ1) is 16.2. The number of nitrogens with one attached hydrogen (secondary N) is 3. The Hall–Kier alpha value is -4.58. The Morgan fingerprint density at radius 2 is 1.33 bits per heavy atom. The first-order valence-corrected chi connectivity index (χ1v) is 10.6. The molecule has 0 radical (unpaired) electrons. The minimum atomic E-state index is -0.406. The molecule has 5 aromatic rings. The Morgan fingerprint density at radius 3 is 2.15 bits per heavy atom. The lowest BCUT2D eigenvalue weighted by molar-refractivity contribution is -0.122. The number of carbonyl (C=O) groups is 2. The van der Waals surface area contributed by atoms with Crippen LogP contribution >= 0.6 is 0 Å². The Balaban J connectivity index is 1.47. The number of rotatable bonds is 5. The molecular formula is C27H19N3O3. The molecule has 0 fully saturated rings. The summed E-state index contributed by atoms with van der Waals surface area (Å²) in [5.74, 6) is -0.121. The maximum atomic E-state index is 12.9. The summed E-state index contributed by atoms with van der Waals surface area (Å²) >= 11 is 0. The van der Waals surface area contributed by atoms with Crippen molar-refractivity contribution in [1.82, 2.24) is 15.3 Å². The number of aromatic nitrogens is 2. The summed E-state index contributed by atoms with van der Waals surface area (Å²) < 4.78 is 6.07. The van der Waals surface area contributed by atoms with E-state index in [1.807, 2.05) is 72.8 Å². The maximum Gasteiger partial charge on any atom is 0.259 e. The highest BCUT2D eigenvalue weighted by Crippen LogP contribution is 2.39. The van der Waals surface area contributed by atoms with E-state index < -0.39 is 11.8 Å². The van der Waals surface area contributed by atoms with Gasteiger partial charge in [-0.2, -0.15) is 0 Å². The van der Waals surface area contributed by atoms with Gasteiger partial charge in [0.15, 0.2) is 0 Å². The van der Waals surface area contributed by atoms with Gasteiger partial charge in [-0.15, -0.1) is 0 Å². The molecule has 1 aliphatic heterocycles. The van der Waals surface area contributed by atoms with E-state index in [9.17, 15) is 9.59 Å². The average Bonchev–Trinajstić information content (AvgIpc) is 3.53.